The first-order valence-corrected chi connectivity index (χ1v) is 15.5. The summed E-state index contributed by atoms with van der Waals surface area (Å²) in [4.78, 5) is 4.58. The van der Waals surface area contributed by atoms with Crippen molar-refractivity contribution in [1.82, 2.24) is 0 Å². The topological polar surface area (TPSA) is 6.48 Å². The summed E-state index contributed by atoms with van der Waals surface area (Å²) >= 11 is 0. The molecule has 0 aliphatic rings. The van der Waals surface area contributed by atoms with Crippen LogP contribution in [-0.2, 0) is 0 Å². The van der Waals surface area contributed by atoms with Gasteiger partial charge in [0.2, 0.25) is 0 Å². The zero-order valence-corrected chi connectivity index (χ0v) is 25.6. The van der Waals surface area contributed by atoms with Gasteiger partial charge in [0.25, 0.3) is 0 Å². The van der Waals surface area contributed by atoms with E-state index in [4.69, 9.17) is 0 Å². The number of nitrogens with zero attached hydrogens (tertiary/aromatic N) is 2. The number of hydrogen-bond acceptors (Lipinski definition) is 2. The Kier molecular flexibility index (Phi) is 8.00. The minimum atomic E-state index is 0.961. The lowest BCUT2D eigenvalue weighted by Gasteiger charge is -2.27. The molecule has 0 saturated carbocycles. The first kappa shape index (κ1) is 28.6. The minimum absolute atomic E-state index is 0.961. The van der Waals surface area contributed by atoms with E-state index in [9.17, 15) is 0 Å². The van der Waals surface area contributed by atoms with Crippen LogP contribution in [-0.4, -0.2) is 0 Å². The van der Waals surface area contributed by atoms with E-state index in [0.29, 0.717) is 0 Å². The molecular weight excluding hydrogens is 556 g/mol. The molecule has 0 atom stereocenters. The Balaban J connectivity index is 1.26. The molecule has 7 aromatic carbocycles. The van der Waals surface area contributed by atoms with E-state index < -0.39 is 0 Å². The molecule has 0 aromatic heterocycles. The Labute approximate surface area is 270 Å². The van der Waals surface area contributed by atoms with Crippen LogP contribution in [0.1, 0.15) is 0 Å². The number of fused-ring (bicyclic) bond motifs is 1. The molecule has 0 aliphatic carbocycles. The van der Waals surface area contributed by atoms with Crippen LogP contribution in [0.2, 0.25) is 0 Å². The molecule has 0 unspecified atom stereocenters. The first-order chi connectivity index (χ1) is 22.7. The van der Waals surface area contributed by atoms with Crippen LogP contribution in [0, 0.1) is 0 Å². The third-order valence-electron chi connectivity index (χ3n) is 8.35. The normalized spacial score (nSPS) is 11.6. The van der Waals surface area contributed by atoms with Crippen LogP contribution in [0.25, 0.3) is 34.2 Å². The zero-order valence-electron chi connectivity index (χ0n) is 25.6. The highest BCUT2D eigenvalue weighted by Gasteiger charge is 2.16. The van der Waals surface area contributed by atoms with Gasteiger partial charge in [-0.1, -0.05) is 134 Å². The summed E-state index contributed by atoms with van der Waals surface area (Å²) < 4.78 is 0. The third-order valence-corrected chi connectivity index (χ3v) is 8.35. The Hall–Kier alpha value is -6.12. The Morgan fingerprint density at radius 1 is 0.457 bits per heavy atom. The van der Waals surface area contributed by atoms with E-state index in [1.807, 2.05) is 30.3 Å². The molecule has 0 N–H and O–H groups in total. The molecule has 0 saturated heterocycles. The minimum Gasteiger partial charge on any atom is -0.310 e. The third kappa shape index (κ3) is 5.60. The van der Waals surface area contributed by atoms with Gasteiger partial charge in [0.05, 0.1) is 11.4 Å². The van der Waals surface area contributed by atoms with E-state index in [0.717, 1.165) is 55.7 Å². The summed E-state index contributed by atoms with van der Waals surface area (Å²) in [7, 11) is 0. The molecule has 0 aliphatic heterocycles. The van der Waals surface area contributed by atoms with Gasteiger partial charge < -0.3 is 9.80 Å². The lowest BCUT2D eigenvalue weighted by atomic mass is 10.0. The summed E-state index contributed by atoms with van der Waals surface area (Å²) in [5.74, 6) is 0. The lowest BCUT2D eigenvalue weighted by Crippen LogP contribution is -2.31. The quantitative estimate of drug-likeness (QED) is 0.174. The summed E-state index contributed by atoms with van der Waals surface area (Å²) in [5.41, 5.74) is 8.79. The fourth-order valence-electron chi connectivity index (χ4n) is 6.11. The van der Waals surface area contributed by atoms with Crippen LogP contribution in [0.15, 0.2) is 189 Å². The van der Waals surface area contributed by atoms with Crippen LogP contribution in [0.4, 0.5) is 28.4 Å². The van der Waals surface area contributed by atoms with Crippen molar-refractivity contribution in [1.29, 1.82) is 0 Å². The summed E-state index contributed by atoms with van der Waals surface area (Å²) in [6, 6.07) is 61.8. The lowest BCUT2D eigenvalue weighted by molar-refractivity contribution is 1.28. The molecule has 0 radical (unpaired) electrons. The van der Waals surface area contributed by atoms with Gasteiger partial charge in [-0.25, -0.2) is 0 Å². The van der Waals surface area contributed by atoms with Crippen molar-refractivity contribution < 1.29 is 0 Å². The summed E-state index contributed by atoms with van der Waals surface area (Å²) in [6.45, 7) is 8.47. The Morgan fingerprint density at radius 2 is 0.957 bits per heavy atom. The van der Waals surface area contributed by atoms with Gasteiger partial charge in [-0.15, -0.1) is 0 Å². The number of para-hydroxylation sites is 2. The van der Waals surface area contributed by atoms with Crippen LogP contribution >= 0.6 is 0 Å². The number of rotatable bonds is 8. The van der Waals surface area contributed by atoms with Crippen molar-refractivity contribution in [3.63, 3.8) is 0 Å². The maximum atomic E-state index is 4.29. The average molecular weight is 591 g/mol. The fourth-order valence-corrected chi connectivity index (χ4v) is 6.11. The molecule has 2 nitrogen and oxygen atoms in total. The van der Waals surface area contributed by atoms with Crippen molar-refractivity contribution in [3.05, 3.63) is 199 Å². The largest absolute Gasteiger partial charge is 0.310 e. The standard InChI is InChI=1S/C44H34N2/c1-3-43(41-22-12-10-15-33(41)2)45(37-18-6-4-7-19-37)39-29-25-34(26-30-39)35-27-31-40(32-28-35)46(38-20-8-5-9-21-38)44-24-14-17-36-16-11-13-23-42(36)44/h3-32H,1-2H2. The monoisotopic (exact) mass is 590 g/mol. The van der Waals surface area contributed by atoms with E-state index in [2.05, 4.69) is 175 Å². The van der Waals surface area contributed by atoms with Crippen LogP contribution in [0.5, 0.6) is 0 Å². The van der Waals surface area contributed by atoms with Gasteiger partial charge in [0.15, 0.2) is 0 Å². The first-order valence-electron chi connectivity index (χ1n) is 15.5. The number of anilines is 5. The van der Waals surface area contributed by atoms with Crippen molar-refractivity contribution in [3.8, 4) is 11.1 Å². The molecule has 0 bridgehead atoms. The highest BCUT2D eigenvalue weighted by Crippen LogP contribution is 2.39. The van der Waals surface area contributed by atoms with E-state index in [-0.39, 0.29) is 0 Å². The van der Waals surface area contributed by atoms with Gasteiger partial charge in [-0.05, 0) is 82.4 Å². The average Bonchev–Trinajstić information content (AvgIpc) is 3.12. The second-order valence-electron chi connectivity index (χ2n) is 11.2. The molecule has 0 fully saturated rings. The Bertz CT molecular complexity index is 2210. The summed E-state index contributed by atoms with van der Waals surface area (Å²) in [6.07, 6.45) is 1.91. The molecule has 46 heavy (non-hydrogen) atoms. The fraction of sp³-hybridized carbons (Fsp3) is 0. The second-order valence-corrected chi connectivity index (χ2v) is 11.2. The molecule has 7 rings (SSSR count). The molecule has 220 valence electrons. The molecule has 0 spiro atoms. The molecular formula is C44H34N2. The van der Waals surface area contributed by atoms with Gasteiger partial charge >= 0.3 is 0 Å². The van der Waals surface area contributed by atoms with Crippen molar-refractivity contribution in [2.24, 2.45) is 0 Å². The highest BCUT2D eigenvalue weighted by molar-refractivity contribution is 5.99. The predicted molar refractivity (Wildman–Crippen MR) is 197 cm³/mol. The Morgan fingerprint density at radius 3 is 1.61 bits per heavy atom. The van der Waals surface area contributed by atoms with Crippen LogP contribution < -0.4 is 20.2 Å². The second kappa shape index (κ2) is 12.9. The van der Waals surface area contributed by atoms with Crippen molar-refractivity contribution in [2.45, 2.75) is 0 Å². The van der Waals surface area contributed by atoms with Crippen molar-refractivity contribution in [2.75, 3.05) is 9.80 Å². The van der Waals surface area contributed by atoms with E-state index >= 15 is 0 Å². The molecule has 0 amide bonds. The van der Waals surface area contributed by atoms with Gasteiger partial charge in [-0.3, -0.25) is 0 Å². The van der Waals surface area contributed by atoms with E-state index in [1.165, 1.54) is 10.8 Å². The number of hydrogen-bond donors (Lipinski definition) is 0. The zero-order chi connectivity index (χ0) is 31.3. The maximum absolute atomic E-state index is 4.29. The van der Waals surface area contributed by atoms with E-state index in [1.54, 1.807) is 0 Å². The molecule has 7 aromatic rings. The van der Waals surface area contributed by atoms with Gasteiger partial charge in [-0.2, -0.15) is 0 Å². The van der Waals surface area contributed by atoms with Gasteiger partial charge in [0, 0.05) is 33.4 Å². The van der Waals surface area contributed by atoms with Gasteiger partial charge in [0.1, 0.15) is 0 Å². The summed E-state index contributed by atoms with van der Waals surface area (Å²) in [5, 5.41) is 4.45. The molecule has 0 heterocycles. The molecule has 2 heteroatoms. The predicted octanol–water partition coefficient (Wildman–Crippen LogP) is 10.5. The van der Waals surface area contributed by atoms with Crippen molar-refractivity contribution >= 4 is 51.5 Å². The SMILES string of the molecule is C=CC(=c1ccccc1=C)N(c1ccccc1)c1ccc(-c2ccc(N(c3ccccc3)c3cccc4ccccc34)cc2)cc1. The highest BCUT2D eigenvalue weighted by atomic mass is 15.1. The smallest absolute Gasteiger partial charge is 0.0540 e. The van der Waals surface area contributed by atoms with Crippen LogP contribution in [0.3, 0.4) is 0 Å². The maximum Gasteiger partial charge on any atom is 0.0540 e. The number of benzene rings is 7.